The van der Waals surface area contributed by atoms with Crippen molar-refractivity contribution >= 4 is 7.82 Å². The van der Waals surface area contributed by atoms with Crippen LogP contribution >= 0.6 is 7.82 Å². The van der Waals surface area contributed by atoms with Crippen molar-refractivity contribution in [2.24, 2.45) is 5.92 Å². The summed E-state index contributed by atoms with van der Waals surface area (Å²) < 4.78 is 27.6. The lowest BCUT2D eigenvalue weighted by molar-refractivity contribution is -0.296. The lowest BCUT2D eigenvalue weighted by atomic mass is 9.92. The maximum atomic E-state index is 11.6. The first-order valence-corrected chi connectivity index (χ1v) is 6.51. The second kappa shape index (κ2) is 2.60. The van der Waals surface area contributed by atoms with Crippen LogP contribution in [0.4, 0.5) is 0 Å². The molecule has 5 nitrogen and oxygen atoms in total. The van der Waals surface area contributed by atoms with Crippen molar-refractivity contribution in [3.05, 3.63) is 0 Å². The van der Waals surface area contributed by atoms with Gasteiger partial charge in [-0.15, -0.1) is 0 Å². The van der Waals surface area contributed by atoms with Crippen molar-refractivity contribution in [2.45, 2.75) is 32.3 Å². The maximum absolute atomic E-state index is 11.6. The molecule has 0 aromatic rings. The first-order chi connectivity index (χ1) is 6.60. The van der Waals surface area contributed by atoms with E-state index in [9.17, 15) is 4.57 Å². The van der Waals surface area contributed by atoms with Gasteiger partial charge in [-0.3, -0.25) is 4.52 Å². The molecule has 0 amide bonds. The van der Waals surface area contributed by atoms with E-state index in [1.165, 1.54) is 0 Å². The maximum Gasteiger partial charge on any atom is 0.482 e. The number of nitrogens with zero attached hydrogens (tertiary/aromatic N) is 1. The van der Waals surface area contributed by atoms with Crippen LogP contribution in [0.5, 0.6) is 0 Å². The Hall–Kier alpha value is 0.0700. The van der Waals surface area contributed by atoms with Gasteiger partial charge in [0.15, 0.2) is 0 Å². The highest BCUT2D eigenvalue weighted by Crippen LogP contribution is 2.76. The summed E-state index contributed by atoms with van der Waals surface area (Å²) in [5, 5.41) is 0. The highest BCUT2D eigenvalue weighted by molar-refractivity contribution is 7.50. The fraction of sp³-hybridized carbons (Fsp3) is 1.00. The summed E-state index contributed by atoms with van der Waals surface area (Å²) in [6.45, 7) is 5.86. The molecule has 4 saturated heterocycles. The van der Waals surface area contributed by atoms with Crippen LogP contribution in [-0.2, 0) is 18.1 Å². The molecule has 2 atom stereocenters. The minimum atomic E-state index is -3.14. The summed E-state index contributed by atoms with van der Waals surface area (Å²) in [5.41, 5.74) is 0. The average molecular weight is 219 g/mol. The molecule has 0 aromatic carbocycles. The van der Waals surface area contributed by atoms with Crippen molar-refractivity contribution in [2.75, 3.05) is 13.1 Å². The topological polar surface area (TPSA) is 48.0 Å². The number of likely N-dealkylation sites (tertiary alicyclic amines) is 1. The quantitative estimate of drug-likeness (QED) is 0.626. The van der Waals surface area contributed by atoms with Gasteiger partial charge in [0.25, 0.3) is 5.91 Å². The van der Waals surface area contributed by atoms with Gasteiger partial charge in [-0.2, -0.15) is 0 Å². The Kier molecular flexibility index (Phi) is 1.73. The van der Waals surface area contributed by atoms with Gasteiger partial charge in [-0.1, -0.05) is 13.8 Å². The molecule has 1 spiro atoms. The number of hydrogen-bond donors (Lipinski definition) is 0. The van der Waals surface area contributed by atoms with E-state index >= 15 is 0 Å². The summed E-state index contributed by atoms with van der Waals surface area (Å²) in [6, 6.07) is 0. The van der Waals surface area contributed by atoms with Crippen molar-refractivity contribution < 1.29 is 18.1 Å². The summed E-state index contributed by atoms with van der Waals surface area (Å²) in [7, 11) is -3.14. The van der Waals surface area contributed by atoms with E-state index in [-0.39, 0.29) is 6.10 Å². The van der Waals surface area contributed by atoms with Crippen LogP contribution in [-0.4, -0.2) is 30.0 Å². The smallest absolute Gasteiger partial charge is 0.276 e. The Morgan fingerprint density at radius 3 is 2.93 bits per heavy atom. The fourth-order valence-corrected chi connectivity index (χ4v) is 4.28. The minimum absolute atomic E-state index is 0.179. The van der Waals surface area contributed by atoms with E-state index in [1.54, 1.807) is 0 Å². The summed E-state index contributed by atoms with van der Waals surface area (Å²) >= 11 is 0. The zero-order chi connectivity index (χ0) is 9.97. The molecule has 0 aliphatic carbocycles. The van der Waals surface area contributed by atoms with Gasteiger partial charge < -0.3 is 0 Å². The molecule has 80 valence electrons. The van der Waals surface area contributed by atoms with Gasteiger partial charge in [0.05, 0.1) is 0 Å². The van der Waals surface area contributed by atoms with Crippen LogP contribution in [0.1, 0.15) is 20.3 Å². The number of phosphoric ester groups is 1. The Bertz CT molecular complexity index is 310. The largest absolute Gasteiger partial charge is 0.482 e. The Morgan fingerprint density at radius 2 is 2.29 bits per heavy atom. The third kappa shape index (κ3) is 0.921. The minimum Gasteiger partial charge on any atom is -0.276 e. The van der Waals surface area contributed by atoms with Crippen molar-refractivity contribution in [1.29, 1.82) is 0 Å². The molecule has 0 saturated carbocycles. The van der Waals surface area contributed by atoms with Crippen LogP contribution in [0, 0.1) is 5.92 Å². The Morgan fingerprint density at radius 1 is 1.57 bits per heavy atom. The Labute approximate surface area is 82.9 Å². The van der Waals surface area contributed by atoms with Crippen LogP contribution < -0.4 is 0 Å². The van der Waals surface area contributed by atoms with E-state index in [2.05, 4.69) is 11.8 Å². The number of piperidine rings is 1. The SMILES string of the molecule is CCN1CCC(C)C2OP3(=O)OC21O3. The van der Waals surface area contributed by atoms with E-state index < -0.39 is 13.7 Å². The third-order valence-corrected chi connectivity index (χ3v) is 4.74. The molecule has 0 aromatic heterocycles. The Balaban J connectivity index is 1.96. The van der Waals surface area contributed by atoms with E-state index in [1.807, 2.05) is 6.92 Å². The van der Waals surface area contributed by atoms with E-state index in [4.69, 9.17) is 13.6 Å². The molecule has 2 unspecified atom stereocenters. The molecular weight excluding hydrogens is 205 g/mol. The van der Waals surface area contributed by atoms with Gasteiger partial charge >= 0.3 is 7.82 Å². The standard InChI is InChI=1S/C8H14NO4P/c1-3-9-5-4-6(2)7-8(9)12-14(10,11-7)13-8/h6-7H,3-5H2,1-2H3. The monoisotopic (exact) mass is 219 g/mol. The van der Waals surface area contributed by atoms with Crippen molar-refractivity contribution in [3.63, 3.8) is 0 Å². The molecule has 4 aliphatic rings. The lowest BCUT2D eigenvalue weighted by Gasteiger charge is -2.48. The van der Waals surface area contributed by atoms with Crippen molar-refractivity contribution in [3.8, 4) is 0 Å². The fourth-order valence-electron chi connectivity index (χ4n) is 2.48. The average Bonchev–Trinajstić information content (AvgIpc) is 2.54. The molecule has 14 heavy (non-hydrogen) atoms. The predicted octanol–water partition coefficient (Wildman–Crippen LogP) is 1.56. The lowest BCUT2D eigenvalue weighted by Crippen LogP contribution is -2.63. The molecule has 6 heteroatoms. The third-order valence-electron chi connectivity index (χ3n) is 3.28. The van der Waals surface area contributed by atoms with Crippen LogP contribution in [0.3, 0.4) is 0 Å². The predicted molar refractivity (Wildman–Crippen MR) is 48.4 cm³/mol. The van der Waals surface area contributed by atoms with Crippen LogP contribution in [0.15, 0.2) is 0 Å². The van der Waals surface area contributed by atoms with Crippen molar-refractivity contribution in [1.82, 2.24) is 4.90 Å². The summed E-state index contributed by atoms with van der Waals surface area (Å²) in [6.07, 6.45) is 0.856. The van der Waals surface area contributed by atoms with Crippen LogP contribution in [0.25, 0.3) is 0 Å². The van der Waals surface area contributed by atoms with Gasteiger partial charge in [0.2, 0.25) is 0 Å². The second-order valence-electron chi connectivity index (χ2n) is 4.13. The normalized spacial score (nSPS) is 56.7. The van der Waals surface area contributed by atoms with Crippen LogP contribution in [0.2, 0.25) is 0 Å². The summed E-state index contributed by atoms with van der Waals surface area (Å²) in [4.78, 5) is 2.06. The van der Waals surface area contributed by atoms with E-state index in [0.717, 1.165) is 19.5 Å². The number of likely N-dealkylation sites (N-methyl/N-ethyl adjacent to an activating group) is 1. The molecular formula is C8H14NO4P. The highest BCUT2D eigenvalue weighted by atomic mass is 31.2. The molecule has 4 heterocycles. The molecule has 4 fully saturated rings. The first-order valence-electron chi connectivity index (χ1n) is 5.05. The zero-order valence-electron chi connectivity index (χ0n) is 8.30. The zero-order valence-corrected chi connectivity index (χ0v) is 9.20. The molecule has 4 rings (SSSR count). The molecule has 2 bridgehead atoms. The molecule has 0 N–H and O–H groups in total. The first kappa shape index (κ1) is 9.31. The number of phosphoric acid groups is 1. The van der Waals surface area contributed by atoms with Gasteiger partial charge in [-0.25, -0.2) is 18.5 Å². The second-order valence-corrected chi connectivity index (χ2v) is 5.60. The van der Waals surface area contributed by atoms with Gasteiger partial charge in [0, 0.05) is 13.1 Å². The number of rotatable bonds is 1. The highest BCUT2D eigenvalue weighted by Gasteiger charge is 2.75. The van der Waals surface area contributed by atoms with Gasteiger partial charge in [0.1, 0.15) is 6.10 Å². The molecule has 4 aliphatic heterocycles. The molecule has 0 radical (unpaired) electrons. The van der Waals surface area contributed by atoms with E-state index in [0.29, 0.717) is 5.92 Å². The van der Waals surface area contributed by atoms with Gasteiger partial charge in [-0.05, 0) is 12.3 Å². The summed E-state index contributed by atoms with van der Waals surface area (Å²) in [5.74, 6) is -0.474. The number of hydrogen-bond acceptors (Lipinski definition) is 5.